The van der Waals surface area contributed by atoms with Crippen LogP contribution in [0.25, 0.3) is 83.3 Å². The first-order valence-corrected chi connectivity index (χ1v) is 19.0. The fraction of sp³-hybridized carbons (Fsp3) is 0.120. The van der Waals surface area contributed by atoms with Gasteiger partial charge in [-0.1, -0.05) is 147 Å². The minimum absolute atomic E-state index is 0.0946. The number of fused-ring (bicyclic) bond motifs is 9. The van der Waals surface area contributed by atoms with Crippen molar-refractivity contribution in [2.24, 2.45) is 0 Å². The Balaban J connectivity index is 0.960. The van der Waals surface area contributed by atoms with Gasteiger partial charge in [-0.25, -0.2) is 9.97 Å². The van der Waals surface area contributed by atoms with E-state index in [2.05, 4.69) is 168 Å². The van der Waals surface area contributed by atoms with Gasteiger partial charge in [-0.3, -0.25) is 0 Å². The minimum Gasteiger partial charge on any atom is -0.309 e. The maximum absolute atomic E-state index is 5.33. The summed E-state index contributed by atoms with van der Waals surface area (Å²) >= 11 is 0. The zero-order valence-electron chi connectivity index (χ0n) is 29.5. The largest absolute Gasteiger partial charge is 0.309 e. The third kappa shape index (κ3) is 4.67. The highest BCUT2D eigenvalue weighted by atomic mass is 15.0. The highest BCUT2D eigenvalue weighted by Gasteiger charge is 2.43. The van der Waals surface area contributed by atoms with Crippen molar-refractivity contribution in [1.29, 1.82) is 0 Å². The number of aromatic nitrogens is 3. The number of rotatable bonds is 4. The molecule has 1 spiro atoms. The third-order valence-corrected chi connectivity index (χ3v) is 12.0. The van der Waals surface area contributed by atoms with Crippen molar-refractivity contribution in [3.63, 3.8) is 0 Å². The van der Waals surface area contributed by atoms with Crippen molar-refractivity contribution in [1.82, 2.24) is 14.5 Å². The van der Waals surface area contributed by atoms with Crippen LogP contribution in [0, 0.1) is 0 Å². The molecule has 2 aromatic heterocycles. The molecule has 0 atom stereocenters. The number of nitrogens with zero attached hydrogens (tertiary/aromatic N) is 3. The molecule has 11 rings (SSSR count). The molecule has 0 bridgehead atoms. The molecule has 0 aliphatic heterocycles. The molecule has 0 radical (unpaired) electrons. The first-order valence-electron chi connectivity index (χ1n) is 19.0. The number of hydrogen-bond donors (Lipinski definition) is 0. The molecular formula is C50H37N3. The zero-order chi connectivity index (χ0) is 34.9. The summed E-state index contributed by atoms with van der Waals surface area (Å²) in [6, 6.07) is 59.6. The van der Waals surface area contributed by atoms with E-state index in [9.17, 15) is 0 Å². The Morgan fingerprint density at radius 2 is 1.00 bits per heavy atom. The molecule has 0 unspecified atom stereocenters. The van der Waals surface area contributed by atoms with Gasteiger partial charge in [-0.2, -0.15) is 0 Å². The molecule has 3 heteroatoms. The van der Waals surface area contributed by atoms with Crippen LogP contribution in [0.4, 0.5) is 0 Å². The summed E-state index contributed by atoms with van der Waals surface area (Å²) in [7, 11) is 0. The fourth-order valence-electron chi connectivity index (χ4n) is 9.54. The standard InChI is InChI=1S/C50H37N3/c1-10-30-50(31-11-1)43-16-6-2-12-38(43)39-29-26-36(32-44(39)50)49-51-45-17-7-3-15-42(45)48(52-49)35-22-20-33(21-23-35)34-24-27-37(28-25-34)53-46-18-8-4-13-40(46)41-14-5-9-19-47(41)53/h2-9,12-29,32H,1,10-11,30-31H2. The van der Waals surface area contributed by atoms with Gasteiger partial charge < -0.3 is 4.57 Å². The first-order chi connectivity index (χ1) is 26.2. The SMILES string of the molecule is c1ccc2c(c1)-c1ccc(-c3nc(-c4ccc(-c5ccc(-n6c7ccccc7c7ccccc76)cc5)cc4)c4ccccc4n3)cc1C21CCCCC1. The van der Waals surface area contributed by atoms with Crippen LogP contribution >= 0.6 is 0 Å². The van der Waals surface area contributed by atoms with E-state index >= 15 is 0 Å². The van der Waals surface area contributed by atoms with Gasteiger partial charge in [0.05, 0.1) is 22.2 Å². The molecule has 0 N–H and O–H groups in total. The normalized spacial score (nSPS) is 14.6. The van der Waals surface area contributed by atoms with Gasteiger partial charge in [0.2, 0.25) is 0 Å². The summed E-state index contributed by atoms with van der Waals surface area (Å²) in [5.41, 5.74) is 15.9. The first kappa shape index (κ1) is 30.3. The molecule has 2 heterocycles. The van der Waals surface area contributed by atoms with Crippen molar-refractivity contribution in [3.8, 4) is 50.6 Å². The van der Waals surface area contributed by atoms with Crippen LogP contribution in [0.2, 0.25) is 0 Å². The topological polar surface area (TPSA) is 30.7 Å². The van der Waals surface area contributed by atoms with Crippen molar-refractivity contribution in [2.45, 2.75) is 37.5 Å². The van der Waals surface area contributed by atoms with E-state index in [0.717, 1.165) is 39.2 Å². The maximum atomic E-state index is 5.33. The zero-order valence-corrected chi connectivity index (χ0v) is 29.5. The van der Waals surface area contributed by atoms with Crippen LogP contribution in [0.3, 0.4) is 0 Å². The molecule has 252 valence electrons. The lowest BCUT2D eigenvalue weighted by Gasteiger charge is -2.36. The average molecular weight is 680 g/mol. The van der Waals surface area contributed by atoms with Crippen LogP contribution in [-0.2, 0) is 5.41 Å². The Kier molecular flexibility index (Phi) is 6.79. The van der Waals surface area contributed by atoms with Crippen LogP contribution in [0.15, 0.2) is 164 Å². The molecule has 1 fully saturated rings. The minimum atomic E-state index is 0.0946. The Bertz CT molecular complexity index is 2800. The van der Waals surface area contributed by atoms with Crippen LogP contribution < -0.4 is 0 Å². The molecule has 2 aliphatic rings. The second-order valence-corrected chi connectivity index (χ2v) is 14.9. The molecule has 2 aliphatic carbocycles. The summed E-state index contributed by atoms with van der Waals surface area (Å²) in [6.45, 7) is 0. The van der Waals surface area contributed by atoms with Crippen molar-refractivity contribution in [2.75, 3.05) is 0 Å². The highest BCUT2D eigenvalue weighted by Crippen LogP contribution is 2.56. The van der Waals surface area contributed by atoms with Gasteiger partial charge in [-0.05, 0) is 82.6 Å². The van der Waals surface area contributed by atoms with E-state index in [1.54, 1.807) is 0 Å². The molecular weight excluding hydrogens is 643 g/mol. The quantitative estimate of drug-likeness (QED) is 0.185. The Labute approximate surface area is 309 Å². The summed E-state index contributed by atoms with van der Waals surface area (Å²) in [6.07, 6.45) is 6.29. The number of para-hydroxylation sites is 3. The molecule has 0 saturated heterocycles. The Morgan fingerprint density at radius 3 is 1.74 bits per heavy atom. The van der Waals surface area contributed by atoms with E-state index < -0.39 is 0 Å². The van der Waals surface area contributed by atoms with E-state index in [1.165, 1.54) is 87.3 Å². The summed E-state index contributed by atoms with van der Waals surface area (Å²) in [4.78, 5) is 10.5. The smallest absolute Gasteiger partial charge is 0.160 e. The van der Waals surface area contributed by atoms with Crippen LogP contribution in [0.1, 0.15) is 43.2 Å². The third-order valence-electron chi connectivity index (χ3n) is 12.0. The lowest BCUT2D eigenvalue weighted by molar-refractivity contribution is 0.353. The Hall–Kier alpha value is -6.32. The van der Waals surface area contributed by atoms with Crippen LogP contribution in [-0.4, -0.2) is 14.5 Å². The molecule has 3 nitrogen and oxygen atoms in total. The van der Waals surface area contributed by atoms with E-state index in [0.29, 0.717) is 0 Å². The molecule has 9 aromatic rings. The van der Waals surface area contributed by atoms with Gasteiger partial charge in [-0.15, -0.1) is 0 Å². The summed E-state index contributed by atoms with van der Waals surface area (Å²) in [5, 5.41) is 3.62. The van der Waals surface area contributed by atoms with E-state index in [-0.39, 0.29) is 5.41 Å². The molecule has 7 aromatic carbocycles. The molecule has 1 saturated carbocycles. The number of hydrogen-bond acceptors (Lipinski definition) is 2. The monoisotopic (exact) mass is 679 g/mol. The van der Waals surface area contributed by atoms with Gasteiger partial charge in [0, 0.05) is 38.4 Å². The van der Waals surface area contributed by atoms with Crippen molar-refractivity contribution in [3.05, 3.63) is 175 Å². The van der Waals surface area contributed by atoms with Gasteiger partial charge in [0.15, 0.2) is 5.82 Å². The Morgan fingerprint density at radius 1 is 0.434 bits per heavy atom. The van der Waals surface area contributed by atoms with Crippen LogP contribution in [0.5, 0.6) is 0 Å². The second kappa shape index (κ2) is 11.9. The highest BCUT2D eigenvalue weighted by molar-refractivity contribution is 6.09. The van der Waals surface area contributed by atoms with Crippen molar-refractivity contribution < 1.29 is 0 Å². The lowest BCUT2D eigenvalue weighted by Crippen LogP contribution is -2.28. The predicted octanol–water partition coefficient (Wildman–Crippen LogP) is 13.0. The molecule has 53 heavy (non-hydrogen) atoms. The van der Waals surface area contributed by atoms with Gasteiger partial charge in [0.25, 0.3) is 0 Å². The van der Waals surface area contributed by atoms with Gasteiger partial charge in [0.1, 0.15) is 0 Å². The van der Waals surface area contributed by atoms with Crippen molar-refractivity contribution >= 4 is 32.7 Å². The van der Waals surface area contributed by atoms with E-state index in [1.807, 2.05) is 0 Å². The van der Waals surface area contributed by atoms with Gasteiger partial charge >= 0.3 is 0 Å². The fourth-order valence-corrected chi connectivity index (χ4v) is 9.54. The maximum Gasteiger partial charge on any atom is 0.160 e. The second-order valence-electron chi connectivity index (χ2n) is 14.9. The number of benzene rings is 7. The predicted molar refractivity (Wildman–Crippen MR) is 219 cm³/mol. The lowest BCUT2D eigenvalue weighted by atomic mass is 9.67. The van der Waals surface area contributed by atoms with E-state index in [4.69, 9.17) is 9.97 Å². The average Bonchev–Trinajstić information content (AvgIpc) is 3.70. The summed E-state index contributed by atoms with van der Waals surface area (Å²) in [5.74, 6) is 0.785. The summed E-state index contributed by atoms with van der Waals surface area (Å²) < 4.78 is 2.37. The molecule has 0 amide bonds.